The second kappa shape index (κ2) is 7.92. The number of nitrogens with one attached hydrogen (secondary N) is 1. The van der Waals surface area contributed by atoms with Crippen molar-refractivity contribution in [2.45, 2.75) is 12.7 Å². The molecule has 1 fully saturated rings. The van der Waals surface area contributed by atoms with Crippen molar-refractivity contribution in [2.75, 3.05) is 38.0 Å². The van der Waals surface area contributed by atoms with E-state index in [0.717, 1.165) is 50.6 Å². The molecule has 1 N–H and O–H groups in total. The number of rotatable bonds is 5. The largest absolute Gasteiger partial charge is 0.468 e. The average molecular weight is 367 g/mol. The zero-order valence-corrected chi connectivity index (χ0v) is 14.1. The molecular weight excluding hydrogens is 347 g/mol. The SMILES string of the molecule is O=C(CN1CCN(Cc2ccco2)CC1)Nc1cccc(C(F)(F)F)c1. The molecule has 3 rings (SSSR count). The summed E-state index contributed by atoms with van der Waals surface area (Å²) < 4.78 is 43.5. The highest BCUT2D eigenvalue weighted by Gasteiger charge is 2.30. The zero-order valence-electron chi connectivity index (χ0n) is 14.1. The van der Waals surface area contributed by atoms with Crippen molar-refractivity contribution in [3.05, 3.63) is 54.0 Å². The number of carbonyl (C=O) groups excluding carboxylic acids is 1. The number of furan rings is 1. The number of alkyl halides is 3. The normalized spacial score (nSPS) is 16.6. The Morgan fingerprint density at radius 3 is 2.46 bits per heavy atom. The Morgan fingerprint density at radius 2 is 1.81 bits per heavy atom. The molecule has 140 valence electrons. The Balaban J connectivity index is 1.46. The maximum absolute atomic E-state index is 12.7. The van der Waals surface area contributed by atoms with E-state index < -0.39 is 11.7 Å². The first-order chi connectivity index (χ1) is 12.4. The predicted octanol–water partition coefficient (Wildman–Crippen LogP) is 3.05. The van der Waals surface area contributed by atoms with Crippen molar-refractivity contribution >= 4 is 11.6 Å². The van der Waals surface area contributed by atoms with E-state index in [-0.39, 0.29) is 18.1 Å². The molecule has 1 amide bonds. The molecule has 0 spiro atoms. The fourth-order valence-corrected chi connectivity index (χ4v) is 2.91. The van der Waals surface area contributed by atoms with Crippen LogP contribution in [0.25, 0.3) is 0 Å². The second-order valence-corrected chi connectivity index (χ2v) is 6.26. The quantitative estimate of drug-likeness (QED) is 0.883. The van der Waals surface area contributed by atoms with Crippen molar-refractivity contribution in [3.63, 3.8) is 0 Å². The van der Waals surface area contributed by atoms with Gasteiger partial charge in [0.25, 0.3) is 0 Å². The van der Waals surface area contributed by atoms with Crippen LogP contribution in [0.2, 0.25) is 0 Å². The van der Waals surface area contributed by atoms with Crippen molar-refractivity contribution in [1.82, 2.24) is 9.80 Å². The number of amides is 1. The lowest BCUT2D eigenvalue weighted by atomic mass is 10.2. The van der Waals surface area contributed by atoms with Crippen LogP contribution < -0.4 is 5.32 Å². The molecule has 0 radical (unpaired) electrons. The van der Waals surface area contributed by atoms with Gasteiger partial charge in [-0.05, 0) is 30.3 Å². The van der Waals surface area contributed by atoms with Gasteiger partial charge in [0.05, 0.1) is 24.9 Å². The van der Waals surface area contributed by atoms with Crippen LogP contribution >= 0.6 is 0 Å². The third kappa shape index (κ3) is 5.09. The summed E-state index contributed by atoms with van der Waals surface area (Å²) in [4.78, 5) is 16.3. The number of nitrogens with zero attached hydrogens (tertiary/aromatic N) is 2. The molecule has 0 unspecified atom stereocenters. The molecule has 0 saturated carbocycles. The number of benzene rings is 1. The monoisotopic (exact) mass is 367 g/mol. The third-order valence-electron chi connectivity index (χ3n) is 4.27. The topological polar surface area (TPSA) is 48.7 Å². The third-order valence-corrected chi connectivity index (χ3v) is 4.27. The minimum Gasteiger partial charge on any atom is -0.468 e. The van der Waals surface area contributed by atoms with Gasteiger partial charge in [-0.2, -0.15) is 13.2 Å². The summed E-state index contributed by atoms with van der Waals surface area (Å²) in [7, 11) is 0. The van der Waals surface area contributed by atoms with Crippen molar-refractivity contribution in [2.24, 2.45) is 0 Å². The maximum atomic E-state index is 12.7. The van der Waals surface area contributed by atoms with Gasteiger partial charge < -0.3 is 9.73 Å². The number of anilines is 1. The molecule has 2 aromatic rings. The van der Waals surface area contributed by atoms with Crippen molar-refractivity contribution in [3.8, 4) is 0 Å². The van der Waals surface area contributed by atoms with Crippen LogP contribution in [0.3, 0.4) is 0 Å². The summed E-state index contributed by atoms with van der Waals surface area (Å²) in [5.41, 5.74) is -0.622. The maximum Gasteiger partial charge on any atom is 0.416 e. The summed E-state index contributed by atoms with van der Waals surface area (Å²) in [5, 5.41) is 2.54. The molecule has 26 heavy (non-hydrogen) atoms. The lowest BCUT2D eigenvalue weighted by Crippen LogP contribution is -2.48. The molecule has 1 aliphatic rings. The fraction of sp³-hybridized carbons (Fsp3) is 0.389. The highest BCUT2D eigenvalue weighted by Crippen LogP contribution is 2.30. The molecule has 1 aromatic heterocycles. The first kappa shape index (κ1) is 18.5. The number of halogens is 3. The lowest BCUT2D eigenvalue weighted by molar-refractivity contribution is -0.137. The first-order valence-electron chi connectivity index (χ1n) is 8.34. The standard InChI is InChI=1S/C18H20F3N3O2/c19-18(20,21)14-3-1-4-15(11-14)22-17(25)13-24-8-6-23(7-9-24)12-16-5-2-10-26-16/h1-5,10-11H,6-9,12-13H2,(H,22,25). The molecule has 1 saturated heterocycles. The van der Waals surface area contributed by atoms with E-state index in [1.54, 1.807) is 6.26 Å². The summed E-state index contributed by atoms with van der Waals surface area (Å²) in [5.74, 6) is 0.588. The Hall–Kier alpha value is -2.32. The van der Waals surface area contributed by atoms with E-state index in [4.69, 9.17) is 4.42 Å². The molecule has 5 nitrogen and oxygen atoms in total. The molecular formula is C18H20F3N3O2. The van der Waals surface area contributed by atoms with Crippen LogP contribution in [0.5, 0.6) is 0 Å². The van der Waals surface area contributed by atoms with Crippen LogP contribution in [0.15, 0.2) is 47.1 Å². The highest BCUT2D eigenvalue weighted by molar-refractivity contribution is 5.92. The predicted molar refractivity (Wildman–Crippen MR) is 90.5 cm³/mol. The number of carbonyl (C=O) groups is 1. The fourth-order valence-electron chi connectivity index (χ4n) is 2.91. The van der Waals surface area contributed by atoms with Gasteiger partial charge >= 0.3 is 6.18 Å². The van der Waals surface area contributed by atoms with Crippen LogP contribution in [-0.2, 0) is 17.5 Å². The molecule has 0 aliphatic carbocycles. The summed E-state index contributed by atoms with van der Waals surface area (Å²) in [6.07, 6.45) is -2.78. The van der Waals surface area contributed by atoms with Crippen molar-refractivity contribution < 1.29 is 22.4 Å². The number of piperazine rings is 1. The van der Waals surface area contributed by atoms with E-state index in [1.165, 1.54) is 12.1 Å². The summed E-state index contributed by atoms with van der Waals surface area (Å²) in [6, 6.07) is 8.44. The second-order valence-electron chi connectivity index (χ2n) is 6.26. The van der Waals surface area contributed by atoms with E-state index in [1.807, 2.05) is 17.0 Å². The van der Waals surface area contributed by atoms with E-state index in [9.17, 15) is 18.0 Å². The van der Waals surface area contributed by atoms with Gasteiger partial charge in [-0.1, -0.05) is 6.07 Å². The van der Waals surface area contributed by atoms with Gasteiger partial charge in [-0.3, -0.25) is 14.6 Å². The lowest BCUT2D eigenvalue weighted by Gasteiger charge is -2.33. The van der Waals surface area contributed by atoms with E-state index in [0.29, 0.717) is 0 Å². The Labute approximate surface area is 149 Å². The average Bonchev–Trinajstić information content (AvgIpc) is 3.09. The highest BCUT2D eigenvalue weighted by atomic mass is 19.4. The summed E-state index contributed by atoms with van der Waals surface area (Å²) >= 11 is 0. The van der Waals surface area contributed by atoms with Gasteiger partial charge in [0.1, 0.15) is 5.76 Å². The molecule has 0 bridgehead atoms. The minimum atomic E-state index is -4.43. The molecule has 1 aliphatic heterocycles. The Morgan fingerprint density at radius 1 is 1.08 bits per heavy atom. The molecule has 1 aromatic carbocycles. The van der Waals surface area contributed by atoms with Crippen LogP contribution in [-0.4, -0.2) is 48.4 Å². The molecule has 8 heteroatoms. The van der Waals surface area contributed by atoms with E-state index in [2.05, 4.69) is 10.2 Å². The minimum absolute atomic E-state index is 0.154. The van der Waals surface area contributed by atoms with Gasteiger partial charge in [-0.15, -0.1) is 0 Å². The Kier molecular flexibility index (Phi) is 5.63. The first-order valence-corrected chi connectivity index (χ1v) is 8.34. The molecule has 2 heterocycles. The van der Waals surface area contributed by atoms with E-state index >= 15 is 0 Å². The van der Waals surface area contributed by atoms with Crippen LogP contribution in [0.4, 0.5) is 18.9 Å². The summed E-state index contributed by atoms with van der Waals surface area (Å²) in [6.45, 7) is 3.94. The molecule has 0 atom stereocenters. The van der Waals surface area contributed by atoms with Gasteiger partial charge in [-0.25, -0.2) is 0 Å². The van der Waals surface area contributed by atoms with Gasteiger partial charge in [0.15, 0.2) is 0 Å². The number of hydrogen-bond donors (Lipinski definition) is 1. The van der Waals surface area contributed by atoms with Crippen LogP contribution in [0.1, 0.15) is 11.3 Å². The van der Waals surface area contributed by atoms with Crippen LogP contribution in [0, 0.1) is 0 Å². The van der Waals surface area contributed by atoms with Gasteiger partial charge in [0.2, 0.25) is 5.91 Å². The smallest absolute Gasteiger partial charge is 0.416 e. The Bertz CT molecular complexity index is 724. The van der Waals surface area contributed by atoms with Gasteiger partial charge in [0, 0.05) is 31.9 Å². The zero-order chi connectivity index (χ0) is 18.6. The number of hydrogen-bond acceptors (Lipinski definition) is 4. The van der Waals surface area contributed by atoms with Crippen molar-refractivity contribution in [1.29, 1.82) is 0 Å².